The van der Waals surface area contributed by atoms with Gasteiger partial charge in [0, 0.05) is 12.2 Å². The molecule has 3 N–H and O–H groups in total. The van der Waals surface area contributed by atoms with Gasteiger partial charge in [-0.2, -0.15) is 0 Å². The van der Waals surface area contributed by atoms with Gasteiger partial charge in [0.1, 0.15) is 5.69 Å². The molecule has 0 radical (unpaired) electrons. The third kappa shape index (κ3) is 4.16. The Kier molecular flexibility index (Phi) is 5.29. The first-order chi connectivity index (χ1) is 9.66. The highest BCUT2D eigenvalue weighted by Crippen LogP contribution is 2.23. The van der Waals surface area contributed by atoms with Crippen molar-refractivity contribution in [1.29, 1.82) is 0 Å². The third-order valence-electron chi connectivity index (χ3n) is 3.62. The van der Waals surface area contributed by atoms with Gasteiger partial charge >= 0.3 is 0 Å². The third-order valence-corrected chi connectivity index (χ3v) is 3.83. The molecule has 0 aromatic carbocycles. The zero-order valence-corrected chi connectivity index (χ0v) is 12.4. The minimum Gasteiger partial charge on any atom is -0.358 e. The van der Waals surface area contributed by atoms with Crippen molar-refractivity contribution < 1.29 is 4.79 Å². The normalized spacial score (nSPS) is 21.9. The SMILES string of the molecule is C[C@H]1CCCC[C@H]1NC(=S)NNC(=O)c1ccccn1. The summed E-state index contributed by atoms with van der Waals surface area (Å²) in [6, 6.07) is 5.57. The first-order valence-corrected chi connectivity index (χ1v) is 7.35. The second-order valence-electron chi connectivity index (χ2n) is 5.14. The summed E-state index contributed by atoms with van der Waals surface area (Å²) in [5.74, 6) is 0.307. The van der Waals surface area contributed by atoms with Gasteiger partial charge in [-0.15, -0.1) is 0 Å². The molecule has 1 aliphatic rings. The van der Waals surface area contributed by atoms with Crippen LogP contribution in [0.1, 0.15) is 43.1 Å². The van der Waals surface area contributed by atoms with E-state index in [2.05, 4.69) is 28.1 Å². The second kappa shape index (κ2) is 7.19. The Morgan fingerprint density at radius 3 is 2.80 bits per heavy atom. The van der Waals surface area contributed by atoms with Crippen molar-refractivity contribution in [2.24, 2.45) is 5.92 Å². The van der Waals surface area contributed by atoms with Crippen molar-refractivity contribution in [2.45, 2.75) is 38.6 Å². The summed E-state index contributed by atoms with van der Waals surface area (Å²) >= 11 is 5.20. The Hall–Kier alpha value is -1.69. The van der Waals surface area contributed by atoms with Gasteiger partial charge in [-0.3, -0.25) is 20.6 Å². The van der Waals surface area contributed by atoms with E-state index in [-0.39, 0.29) is 5.91 Å². The lowest BCUT2D eigenvalue weighted by molar-refractivity contribution is 0.0938. The highest BCUT2D eigenvalue weighted by molar-refractivity contribution is 7.80. The van der Waals surface area contributed by atoms with Crippen LogP contribution in [0.25, 0.3) is 0 Å². The van der Waals surface area contributed by atoms with Crippen molar-refractivity contribution in [1.82, 2.24) is 21.2 Å². The maximum Gasteiger partial charge on any atom is 0.288 e. The van der Waals surface area contributed by atoms with Crippen LogP contribution in [0.15, 0.2) is 24.4 Å². The number of hydrazine groups is 1. The van der Waals surface area contributed by atoms with Crippen LogP contribution < -0.4 is 16.2 Å². The Balaban J connectivity index is 1.76. The molecular formula is C14H20N4OS. The molecule has 1 aromatic rings. The van der Waals surface area contributed by atoms with E-state index in [0.29, 0.717) is 22.8 Å². The molecule has 20 heavy (non-hydrogen) atoms. The molecule has 2 atom stereocenters. The molecular weight excluding hydrogens is 272 g/mol. The van der Waals surface area contributed by atoms with Crippen LogP contribution >= 0.6 is 12.2 Å². The fraction of sp³-hybridized carbons (Fsp3) is 0.500. The summed E-state index contributed by atoms with van der Waals surface area (Å²) in [6.45, 7) is 2.23. The molecule has 1 saturated carbocycles. The zero-order chi connectivity index (χ0) is 14.4. The molecule has 1 aromatic heterocycles. The molecule has 0 unspecified atom stereocenters. The molecule has 0 spiro atoms. The van der Waals surface area contributed by atoms with Gasteiger partial charge in [-0.25, -0.2) is 0 Å². The summed E-state index contributed by atoms with van der Waals surface area (Å²) in [6.07, 6.45) is 6.44. The maximum absolute atomic E-state index is 11.8. The Morgan fingerprint density at radius 2 is 2.10 bits per heavy atom. The van der Waals surface area contributed by atoms with Crippen LogP contribution in [0.2, 0.25) is 0 Å². The van der Waals surface area contributed by atoms with E-state index in [1.165, 1.54) is 19.3 Å². The lowest BCUT2D eigenvalue weighted by Crippen LogP contribution is -2.51. The molecule has 1 heterocycles. The van der Waals surface area contributed by atoms with Crippen molar-refractivity contribution in [2.75, 3.05) is 0 Å². The Labute approximate surface area is 124 Å². The monoisotopic (exact) mass is 292 g/mol. The fourth-order valence-electron chi connectivity index (χ4n) is 2.41. The van der Waals surface area contributed by atoms with Crippen LogP contribution in [0, 0.1) is 5.92 Å². The van der Waals surface area contributed by atoms with E-state index in [0.717, 1.165) is 6.42 Å². The number of rotatable bonds is 2. The molecule has 1 fully saturated rings. The number of aromatic nitrogens is 1. The number of hydrogen-bond acceptors (Lipinski definition) is 3. The largest absolute Gasteiger partial charge is 0.358 e. The molecule has 1 amide bonds. The van der Waals surface area contributed by atoms with Crippen LogP contribution in [-0.4, -0.2) is 22.0 Å². The average molecular weight is 292 g/mol. The Morgan fingerprint density at radius 1 is 1.30 bits per heavy atom. The first kappa shape index (κ1) is 14.7. The van der Waals surface area contributed by atoms with Crippen molar-refractivity contribution in [3.63, 3.8) is 0 Å². The maximum atomic E-state index is 11.8. The van der Waals surface area contributed by atoms with E-state index in [4.69, 9.17) is 12.2 Å². The number of pyridine rings is 1. The minimum atomic E-state index is -0.300. The van der Waals surface area contributed by atoms with Gasteiger partial charge in [0.05, 0.1) is 0 Å². The predicted molar refractivity (Wildman–Crippen MR) is 82.0 cm³/mol. The van der Waals surface area contributed by atoms with E-state index < -0.39 is 0 Å². The topological polar surface area (TPSA) is 66.0 Å². The van der Waals surface area contributed by atoms with Gasteiger partial charge in [-0.05, 0) is 43.1 Å². The van der Waals surface area contributed by atoms with Crippen LogP contribution in [0.4, 0.5) is 0 Å². The smallest absolute Gasteiger partial charge is 0.288 e. The lowest BCUT2D eigenvalue weighted by atomic mass is 9.86. The quantitative estimate of drug-likeness (QED) is 0.573. The number of nitrogens with one attached hydrogen (secondary N) is 3. The Bertz CT molecular complexity index is 466. The van der Waals surface area contributed by atoms with Gasteiger partial charge in [0.25, 0.3) is 5.91 Å². The summed E-state index contributed by atoms with van der Waals surface area (Å²) in [5, 5.41) is 3.71. The molecule has 2 rings (SSSR count). The summed E-state index contributed by atoms with van der Waals surface area (Å²) in [7, 11) is 0. The van der Waals surface area contributed by atoms with Gasteiger partial charge in [0.2, 0.25) is 0 Å². The number of carbonyl (C=O) groups is 1. The number of hydrogen-bond donors (Lipinski definition) is 3. The summed E-state index contributed by atoms with van der Waals surface area (Å²) in [4.78, 5) is 15.8. The number of amides is 1. The second-order valence-corrected chi connectivity index (χ2v) is 5.54. The van der Waals surface area contributed by atoms with Gasteiger partial charge in [0.15, 0.2) is 5.11 Å². The number of thiocarbonyl (C=S) groups is 1. The summed E-state index contributed by atoms with van der Waals surface area (Å²) < 4.78 is 0. The minimum absolute atomic E-state index is 0.300. The molecule has 0 saturated heterocycles. The highest BCUT2D eigenvalue weighted by atomic mass is 32.1. The van der Waals surface area contributed by atoms with Crippen LogP contribution in [0.5, 0.6) is 0 Å². The molecule has 6 heteroatoms. The van der Waals surface area contributed by atoms with Crippen molar-refractivity contribution in [3.8, 4) is 0 Å². The van der Waals surface area contributed by atoms with E-state index >= 15 is 0 Å². The molecule has 0 bridgehead atoms. The van der Waals surface area contributed by atoms with Crippen molar-refractivity contribution in [3.05, 3.63) is 30.1 Å². The average Bonchev–Trinajstić information content (AvgIpc) is 2.48. The molecule has 1 aliphatic carbocycles. The predicted octanol–water partition coefficient (Wildman–Crippen LogP) is 1.77. The first-order valence-electron chi connectivity index (χ1n) is 6.94. The highest BCUT2D eigenvalue weighted by Gasteiger charge is 2.21. The molecule has 5 nitrogen and oxygen atoms in total. The van der Waals surface area contributed by atoms with Gasteiger partial charge < -0.3 is 5.32 Å². The molecule has 108 valence electrons. The molecule has 0 aliphatic heterocycles. The summed E-state index contributed by atoms with van der Waals surface area (Å²) in [5.41, 5.74) is 5.63. The zero-order valence-electron chi connectivity index (χ0n) is 11.6. The van der Waals surface area contributed by atoms with Crippen LogP contribution in [-0.2, 0) is 0 Å². The number of nitrogens with zero attached hydrogens (tertiary/aromatic N) is 1. The van der Waals surface area contributed by atoms with Crippen molar-refractivity contribution >= 4 is 23.2 Å². The van der Waals surface area contributed by atoms with Crippen LogP contribution in [0.3, 0.4) is 0 Å². The number of carbonyl (C=O) groups excluding carboxylic acids is 1. The standard InChI is InChI=1S/C14H20N4OS/c1-10-6-2-3-7-11(10)16-14(20)18-17-13(19)12-8-4-5-9-15-12/h4-5,8-11H,2-3,6-7H2,1H3,(H,17,19)(H2,16,18,20)/t10-,11+/m0/s1. The fourth-order valence-corrected chi connectivity index (χ4v) is 2.61. The lowest BCUT2D eigenvalue weighted by Gasteiger charge is -2.30. The van der Waals surface area contributed by atoms with E-state index in [9.17, 15) is 4.79 Å². The van der Waals surface area contributed by atoms with E-state index in [1.54, 1.807) is 24.4 Å². The van der Waals surface area contributed by atoms with Gasteiger partial charge in [-0.1, -0.05) is 25.8 Å². The van der Waals surface area contributed by atoms with E-state index in [1.807, 2.05) is 0 Å².